The number of hydrogen-bond donors (Lipinski definition) is 1. The SMILES string of the molecule is CCCCCCCCCCCCCCCC(=O)OCC(=O)[C@@]12OC(CCC)O[C@@H]1C[C@H]1[C@@H]3C[C@H](F)C4=CC(=O)C=C[C@]4(C)[C@H]3[C@@H](O)C[C@@]12C. The fraction of sp³-hybridized carbons (Fsp3) is 0.829. The highest BCUT2D eigenvalue weighted by atomic mass is 19.1. The van der Waals surface area contributed by atoms with E-state index < -0.39 is 47.7 Å². The van der Waals surface area contributed by atoms with Gasteiger partial charge in [0, 0.05) is 23.2 Å². The Morgan fingerprint density at radius 1 is 0.939 bits per heavy atom. The molecule has 0 aromatic carbocycles. The number of aliphatic hydroxyl groups excluding tert-OH is 1. The predicted molar refractivity (Wildman–Crippen MR) is 187 cm³/mol. The minimum absolute atomic E-state index is 0.151. The first-order valence-corrected chi connectivity index (χ1v) is 19.8. The van der Waals surface area contributed by atoms with E-state index in [4.69, 9.17) is 14.2 Å². The summed E-state index contributed by atoms with van der Waals surface area (Å²) in [5.41, 5.74) is -2.58. The van der Waals surface area contributed by atoms with E-state index in [1.807, 2.05) is 20.8 Å². The van der Waals surface area contributed by atoms with Gasteiger partial charge in [-0.15, -0.1) is 0 Å². The number of rotatable bonds is 19. The molecule has 4 aliphatic carbocycles. The molecule has 0 aromatic rings. The molecule has 0 spiro atoms. The largest absolute Gasteiger partial charge is 0.458 e. The molecule has 0 radical (unpaired) electrons. The first kappa shape index (κ1) is 38.3. The van der Waals surface area contributed by atoms with Crippen molar-refractivity contribution in [3.05, 3.63) is 23.8 Å². The number of unbranched alkanes of at least 4 members (excludes halogenated alkanes) is 12. The standard InChI is InChI=1S/C41H63FO7/c1-5-7-8-9-10-11-12-13-14-15-16-17-18-20-36(46)47-27-34(45)41-35(48-37(49-41)19-6-2)25-30-29-24-32(42)31-23-28(43)21-22-39(31,3)38(29)33(44)26-40(30,41)4/h21-23,29-30,32-33,35,37-38,44H,5-20,24-27H2,1-4H3/t29-,30-,32-,33-,35+,37?,38+,39-,40-,41+/m0/s1. The van der Waals surface area contributed by atoms with Crippen LogP contribution in [-0.4, -0.2) is 59.5 Å². The molecule has 1 aliphatic heterocycles. The third kappa shape index (κ3) is 7.67. The van der Waals surface area contributed by atoms with Crippen molar-refractivity contribution in [2.75, 3.05) is 6.61 Å². The normalized spacial score (nSPS) is 37.6. The lowest BCUT2D eigenvalue weighted by atomic mass is 9.46. The average Bonchev–Trinajstić information content (AvgIpc) is 3.54. The summed E-state index contributed by atoms with van der Waals surface area (Å²) in [5, 5.41) is 11.9. The molecule has 10 atom stereocenters. The molecule has 7 nitrogen and oxygen atoms in total. The van der Waals surface area contributed by atoms with Gasteiger partial charge in [0.15, 0.2) is 24.3 Å². The average molecular weight is 687 g/mol. The molecule has 0 aromatic heterocycles. The fourth-order valence-electron chi connectivity index (χ4n) is 10.6. The highest BCUT2D eigenvalue weighted by molar-refractivity contribution is 6.01. The smallest absolute Gasteiger partial charge is 0.306 e. The van der Waals surface area contributed by atoms with Crippen molar-refractivity contribution in [1.29, 1.82) is 0 Å². The lowest BCUT2D eigenvalue weighted by Crippen LogP contribution is -2.64. The van der Waals surface area contributed by atoms with Gasteiger partial charge in [-0.1, -0.05) is 117 Å². The van der Waals surface area contributed by atoms with Crippen LogP contribution in [0.15, 0.2) is 23.8 Å². The Morgan fingerprint density at radius 2 is 1.57 bits per heavy atom. The Kier molecular flexibility index (Phi) is 13.0. The Balaban J connectivity index is 1.15. The Bertz CT molecular complexity index is 1230. The highest BCUT2D eigenvalue weighted by Crippen LogP contribution is 2.70. The van der Waals surface area contributed by atoms with E-state index in [0.717, 1.165) is 25.7 Å². The molecule has 1 unspecified atom stereocenters. The number of Topliss-reactive ketones (excluding diaryl/α,β-unsaturated/α-hetero) is 1. The lowest BCUT2D eigenvalue weighted by Gasteiger charge is -2.60. The number of allylic oxidation sites excluding steroid dienone is 4. The van der Waals surface area contributed by atoms with E-state index in [1.54, 1.807) is 6.08 Å². The van der Waals surface area contributed by atoms with E-state index >= 15 is 4.39 Å². The van der Waals surface area contributed by atoms with Crippen LogP contribution in [-0.2, 0) is 28.6 Å². The Labute approximate surface area is 294 Å². The van der Waals surface area contributed by atoms with E-state index in [9.17, 15) is 19.5 Å². The zero-order valence-electron chi connectivity index (χ0n) is 30.7. The van der Waals surface area contributed by atoms with E-state index in [-0.39, 0.29) is 54.6 Å². The molecule has 5 aliphatic rings. The molecule has 5 rings (SSSR count). The van der Waals surface area contributed by atoms with Gasteiger partial charge >= 0.3 is 5.97 Å². The monoisotopic (exact) mass is 686 g/mol. The Hall–Kier alpha value is -1.90. The zero-order valence-corrected chi connectivity index (χ0v) is 30.7. The number of ether oxygens (including phenoxy) is 3. The van der Waals surface area contributed by atoms with Crippen LogP contribution in [0.3, 0.4) is 0 Å². The van der Waals surface area contributed by atoms with Gasteiger partial charge in [0.25, 0.3) is 0 Å². The van der Waals surface area contributed by atoms with Crippen LogP contribution in [0.2, 0.25) is 0 Å². The van der Waals surface area contributed by atoms with Crippen molar-refractivity contribution >= 4 is 17.5 Å². The number of hydrogen-bond acceptors (Lipinski definition) is 7. The minimum Gasteiger partial charge on any atom is -0.458 e. The molecule has 276 valence electrons. The van der Waals surface area contributed by atoms with Gasteiger partial charge in [-0.2, -0.15) is 0 Å². The topological polar surface area (TPSA) is 99.1 Å². The number of ketones is 2. The van der Waals surface area contributed by atoms with Gasteiger partial charge in [0.05, 0.1) is 12.2 Å². The van der Waals surface area contributed by atoms with Crippen molar-refractivity contribution < 1.29 is 38.1 Å². The summed E-state index contributed by atoms with van der Waals surface area (Å²) in [7, 11) is 0. The van der Waals surface area contributed by atoms with Crippen LogP contribution in [0, 0.1) is 28.6 Å². The summed E-state index contributed by atoms with van der Waals surface area (Å²) in [4.78, 5) is 39.3. The van der Waals surface area contributed by atoms with E-state index in [1.165, 1.54) is 76.4 Å². The van der Waals surface area contributed by atoms with Crippen LogP contribution in [0.1, 0.15) is 150 Å². The zero-order chi connectivity index (χ0) is 35.2. The molecule has 8 heteroatoms. The first-order chi connectivity index (χ1) is 23.5. The van der Waals surface area contributed by atoms with Crippen molar-refractivity contribution in [2.24, 2.45) is 28.6 Å². The van der Waals surface area contributed by atoms with Gasteiger partial charge in [0.2, 0.25) is 5.78 Å². The summed E-state index contributed by atoms with van der Waals surface area (Å²) in [6.45, 7) is 7.80. The Morgan fingerprint density at radius 3 is 2.20 bits per heavy atom. The predicted octanol–water partition coefficient (Wildman–Crippen LogP) is 8.70. The maximum Gasteiger partial charge on any atom is 0.306 e. The van der Waals surface area contributed by atoms with Crippen LogP contribution in [0.25, 0.3) is 0 Å². The van der Waals surface area contributed by atoms with Gasteiger partial charge in [-0.3, -0.25) is 14.4 Å². The van der Waals surface area contributed by atoms with Crippen LogP contribution in [0.4, 0.5) is 4.39 Å². The second-order valence-corrected chi connectivity index (χ2v) is 16.3. The van der Waals surface area contributed by atoms with E-state index in [2.05, 4.69) is 6.92 Å². The first-order valence-electron chi connectivity index (χ1n) is 19.8. The highest BCUT2D eigenvalue weighted by Gasteiger charge is 2.76. The maximum atomic E-state index is 15.9. The second-order valence-electron chi connectivity index (χ2n) is 16.3. The summed E-state index contributed by atoms with van der Waals surface area (Å²) < 4.78 is 34.5. The number of carbonyl (C=O) groups is 3. The summed E-state index contributed by atoms with van der Waals surface area (Å²) in [5.74, 6) is -1.63. The number of fused-ring (bicyclic) bond motifs is 7. The summed E-state index contributed by atoms with van der Waals surface area (Å²) >= 11 is 0. The molecular weight excluding hydrogens is 623 g/mol. The second kappa shape index (κ2) is 16.6. The molecule has 1 heterocycles. The van der Waals surface area contributed by atoms with Crippen LogP contribution >= 0.6 is 0 Å². The third-order valence-corrected chi connectivity index (χ3v) is 13.1. The summed E-state index contributed by atoms with van der Waals surface area (Å²) in [6.07, 6.45) is 20.0. The van der Waals surface area contributed by atoms with Crippen LogP contribution < -0.4 is 0 Å². The fourth-order valence-corrected chi connectivity index (χ4v) is 10.6. The molecule has 0 amide bonds. The minimum atomic E-state index is -1.39. The number of esters is 1. The molecule has 49 heavy (non-hydrogen) atoms. The van der Waals surface area contributed by atoms with Crippen LogP contribution in [0.5, 0.6) is 0 Å². The number of halogens is 1. The number of aliphatic hydroxyl groups is 1. The summed E-state index contributed by atoms with van der Waals surface area (Å²) in [6, 6.07) is 0. The van der Waals surface area contributed by atoms with Gasteiger partial charge in [0.1, 0.15) is 6.17 Å². The molecule has 1 N–H and O–H groups in total. The molecule has 4 fully saturated rings. The van der Waals surface area contributed by atoms with Crippen molar-refractivity contribution in [3.8, 4) is 0 Å². The quantitative estimate of drug-likeness (QED) is 0.107. The van der Waals surface area contributed by atoms with Crippen molar-refractivity contribution in [3.63, 3.8) is 0 Å². The number of alkyl halides is 1. The number of carbonyl (C=O) groups excluding carboxylic acids is 3. The molecule has 0 bridgehead atoms. The molecular formula is C41H63FO7. The third-order valence-electron chi connectivity index (χ3n) is 13.1. The van der Waals surface area contributed by atoms with Gasteiger partial charge < -0.3 is 19.3 Å². The van der Waals surface area contributed by atoms with Gasteiger partial charge in [-0.25, -0.2) is 4.39 Å². The van der Waals surface area contributed by atoms with Crippen molar-refractivity contribution in [2.45, 2.75) is 180 Å². The molecule has 1 saturated heterocycles. The lowest BCUT2D eigenvalue weighted by molar-refractivity contribution is -0.203. The van der Waals surface area contributed by atoms with Gasteiger partial charge in [-0.05, 0) is 61.7 Å². The molecule has 3 saturated carbocycles. The van der Waals surface area contributed by atoms with Crippen molar-refractivity contribution in [1.82, 2.24) is 0 Å². The van der Waals surface area contributed by atoms with E-state index in [0.29, 0.717) is 18.4 Å². The maximum absolute atomic E-state index is 15.9.